The van der Waals surface area contributed by atoms with Gasteiger partial charge in [-0.25, -0.2) is 0 Å². The fourth-order valence-electron chi connectivity index (χ4n) is 2.33. The first kappa shape index (κ1) is 11.6. The summed E-state index contributed by atoms with van der Waals surface area (Å²) in [6.45, 7) is 6.43. The Hall–Kier alpha value is -0.900. The van der Waals surface area contributed by atoms with Crippen molar-refractivity contribution in [3.8, 4) is 0 Å². The Morgan fingerprint density at radius 1 is 1.38 bits per heavy atom. The summed E-state index contributed by atoms with van der Waals surface area (Å²) in [7, 11) is 0. The highest BCUT2D eigenvalue weighted by Crippen LogP contribution is 2.34. The summed E-state index contributed by atoms with van der Waals surface area (Å²) in [5.41, 5.74) is 6.29. The van der Waals surface area contributed by atoms with Gasteiger partial charge in [0.2, 0.25) is 0 Å². The van der Waals surface area contributed by atoms with Crippen molar-refractivity contribution in [2.45, 2.75) is 58.5 Å². The van der Waals surface area contributed by atoms with Crippen molar-refractivity contribution in [3.05, 3.63) is 12.2 Å². The van der Waals surface area contributed by atoms with E-state index in [-0.39, 0.29) is 11.5 Å². The van der Waals surface area contributed by atoms with E-state index in [2.05, 4.69) is 35.5 Å². The van der Waals surface area contributed by atoms with Gasteiger partial charge in [0.1, 0.15) is 6.33 Å². The van der Waals surface area contributed by atoms with Gasteiger partial charge in [0.05, 0.1) is 6.04 Å². The average Bonchev–Trinajstić information content (AvgIpc) is 2.85. The molecule has 0 aliphatic heterocycles. The Labute approximate surface area is 97.2 Å². The van der Waals surface area contributed by atoms with Crippen molar-refractivity contribution in [1.82, 2.24) is 14.8 Å². The van der Waals surface area contributed by atoms with E-state index in [1.54, 1.807) is 0 Å². The van der Waals surface area contributed by atoms with Crippen molar-refractivity contribution in [3.63, 3.8) is 0 Å². The largest absolute Gasteiger partial charge is 0.321 e. The zero-order valence-electron chi connectivity index (χ0n) is 10.5. The van der Waals surface area contributed by atoms with Gasteiger partial charge in [-0.1, -0.05) is 33.6 Å². The van der Waals surface area contributed by atoms with Crippen LogP contribution in [0.15, 0.2) is 6.33 Å². The van der Waals surface area contributed by atoms with Gasteiger partial charge in [0.25, 0.3) is 0 Å². The van der Waals surface area contributed by atoms with E-state index < -0.39 is 0 Å². The lowest BCUT2D eigenvalue weighted by molar-refractivity contribution is 0.300. The first-order valence-electron chi connectivity index (χ1n) is 6.15. The Morgan fingerprint density at radius 2 is 2.00 bits per heavy atom. The molecule has 1 heterocycles. The third-order valence-electron chi connectivity index (χ3n) is 3.53. The monoisotopic (exact) mass is 222 g/mol. The van der Waals surface area contributed by atoms with Crippen LogP contribution in [-0.2, 0) is 0 Å². The Bertz CT molecular complexity index is 344. The summed E-state index contributed by atoms with van der Waals surface area (Å²) in [5.74, 6) is 0.944. The van der Waals surface area contributed by atoms with Crippen LogP contribution in [0.5, 0.6) is 0 Å². The molecule has 0 radical (unpaired) electrons. The molecule has 4 heteroatoms. The van der Waals surface area contributed by atoms with Crippen LogP contribution < -0.4 is 5.73 Å². The highest BCUT2D eigenvalue weighted by Gasteiger charge is 2.29. The number of aromatic nitrogens is 3. The maximum atomic E-state index is 6.26. The van der Waals surface area contributed by atoms with Crippen LogP contribution in [0.2, 0.25) is 0 Å². The summed E-state index contributed by atoms with van der Waals surface area (Å²) < 4.78 is 2.20. The molecule has 1 aromatic heterocycles. The molecular formula is C12H22N4. The number of hydrogen-bond acceptors (Lipinski definition) is 3. The van der Waals surface area contributed by atoms with Crippen molar-refractivity contribution < 1.29 is 0 Å². The molecular weight excluding hydrogens is 200 g/mol. The van der Waals surface area contributed by atoms with Gasteiger partial charge in [0.15, 0.2) is 5.82 Å². The Kier molecular flexibility index (Phi) is 3.02. The van der Waals surface area contributed by atoms with Gasteiger partial charge in [-0.05, 0) is 18.3 Å². The standard InChI is InChI=1S/C12H22N4/c1-12(2,3)10(13)11-15-14-8-16(11)9-6-4-5-7-9/h8-10H,4-7,13H2,1-3H3/t10-/m0/s1. The zero-order valence-corrected chi connectivity index (χ0v) is 10.5. The van der Waals surface area contributed by atoms with Gasteiger partial charge < -0.3 is 10.3 Å². The van der Waals surface area contributed by atoms with E-state index >= 15 is 0 Å². The van der Waals surface area contributed by atoms with Gasteiger partial charge in [-0.2, -0.15) is 0 Å². The second-order valence-corrected chi connectivity index (χ2v) is 5.88. The van der Waals surface area contributed by atoms with E-state index in [1.165, 1.54) is 25.7 Å². The summed E-state index contributed by atoms with van der Waals surface area (Å²) in [5, 5.41) is 8.25. The lowest BCUT2D eigenvalue weighted by Crippen LogP contribution is -2.30. The second-order valence-electron chi connectivity index (χ2n) is 5.88. The van der Waals surface area contributed by atoms with Crippen molar-refractivity contribution in [2.75, 3.05) is 0 Å². The predicted molar refractivity (Wildman–Crippen MR) is 63.9 cm³/mol. The van der Waals surface area contributed by atoms with E-state index in [0.717, 1.165) is 5.82 Å². The molecule has 4 nitrogen and oxygen atoms in total. The second kappa shape index (κ2) is 4.17. The smallest absolute Gasteiger partial charge is 0.150 e. The zero-order chi connectivity index (χ0) is 11.8. The highest BCUT2D eigenvalue weighted by molar-refractivity contribution is 5.01. The molecule has 1 atom stereocenters. The molecule has 0 amide bonds. The molecule has 1 fully saturated rings. The SMILES string of the molecule is CC(C)(C)[C@@H](N)c1nncn1C1CCCC1. The van der Waals surface area contributed by atoms with Gasteiger partial charge in [0, 0.05) is 6.04 Å². The molecule has 90 valence electrons. The molecule has 1 aromatic rings. The Morgan fingerprint density at radius 3 is 2.56 bits per heavy atom. The molecule has 1 saturated carbocycles. The fraction of sp³-hybridized carbons (Fsp3) is 0.833. The lowest BCUT2D eigenvalue weighted by atomic mass is 9.87. The van der Waals surface area contributed by atoms with Crippen LogP contribution in [0.4, 0.5) is 0 Å². The molecule has 0 aromatic carbocycles. The summed E-state index contributed by atoms with van der Waals surface area (Å²) in [4.78, 5) is 0. The van der Waals surface area contributed by atoms with Crippen LogP contribution in [0.25, 0.3) is 0 Å². The molecule has 2 rings (SSSR count). The first-order chi connectivity index (χ1) is 7.50. The summed E-state index contributed by atoms with van der Waals surface area (Å²) >= 11 is 0. The maximum Gasteiger partial charge on any atom is 0.150 e. The van der Waals surface area contributed by atoms with Crippen LogP contribution in [0.1, 0.15) is 64.4 Å². The third kappa shape index (κ3) is 2.12. The first-order valence-corrected chi connectivity index (χ1v) is 6.15. The average molecular weight is 222 g/mol. The number of nitrogens with zero attached hydrogens (tertiary/aromatic N) is 3. The molecule has 16 heavy (non-hydrogen) atoms. The maximum absolute atomic E-state index is 6.26. The number of rotatable bonds is 2. The van der Waals surface area contributed by atoms with Gasteiger partial charge >= 0.3 is 0 Å². The molecule has 1 aliphatic carbocycles. The van der Waals surface area contributed by atoms with Crippen molar-refractivity contribution in [2.24, 2.45) is 11.1 Å². The molecule has 0 bridgehead atoms. The third-order valence-corrected chi connectivity index (χ3v) is 3.53. The highest BCUT2D eigenvalue weighted by atomic mass is 15.3. The van der Waals surface area contributed by atoms with Gasteiger partial charge in [-0.3, -0.25) is 0 Å². The van der Waals surface area contributed by atoms with Gasteiger partial charge in [-0.15, -0.1) is 10.2 Å². The Balaban J connectivity index is 2.24. The van der Waals surface area contributed by atoms with E-state index in [4.69, 9.17) is 5.73 Å². The minimum Gasteiger partial charge on any atom is -0.321 e. The fourth-order valence-corrected chi connectivity index (χ4v) is 2.33. The molecule has 0 saturated heterocycles. The van der Waals surface area contributed by atoms with Crippen LogP contribution >= 0.6 is 0 Å². The number of hydrogen-bond donors (Lipinski definition) is 1. The summed E-state index contributed by atoms with van der Waals surface area (Å²) in [6.07, 6.45) is 6.95. The topological polar surface area (TPSA) is 56.7 Å². The molecule has 1 aliphatic rings. The molecule has 2 N–H and O–H groups in total. The van der Waals surface area contributed by atoms with E-state index in [9.17, 15) is 0 Å². The molecule has 0 spiro atoms. The number of nitrogens with two attached hydrogens (primary N) is 1. The van der Waals surface area contributed by atoms with Crippen molar-refractivity contribution in [1.29, 1.82) is 0 Å². The minimum absolute atomic E-state index is 0.0311. The quantitative estimate of drug-likeness (QED) is 0.836. The summed E-state index contributed by atoms with van der Waals surface area (Å²) in [6, 6.07) is 0.522. The normalized spacial score (nSPS) is 20.2. The van der Waals surface area contributed by atoms with E-state index in [1.807, 2.05) is 6.33 Å². The van der Waals surface area contributed by atoms with Crippen molar-refractivity contribution >= 4 is 0 Å². The predicted octanol–water partition coefficient (Wildman–Crippen LogP) is 2.44. The molecule has 0 unspecified atom stereocenters. The lowest BCUT2D eigenvalue weighted by Gasteiger charge is -2.27. The minimum atomic E-state index is -0.0457. The van der Waals surface area contributed by atoms with Crippen LogP contribution in [0.3, 0.4) is 0 Å². The van der Waals surface area contributed by atoms with Crippen LogP contribution in [-0.4, -0.2) is 14.8 Å². The van der Waals surface area contributed by atoms with Crippen LogP contribution in [0, 0.1) is 5.41 Å². The van der Waals surface area contributed by atoms with E-state index in [0.29, 0.717) is 6.04 Å².